The quantitative estimate of drug-likeness (QED) is 0.498. The van der Waals surface area contributed by atoms with Crippen LogP contribution in [-0.2, 0) is 6.42 Å². The Morgan fingerprint density at radius 2 is 1.54 bits per heavy atom. The van der Waals surface area contributed by atoms with Crippen molar-refractivity contribution in [1.82, 2.24) is 9.78 Å². The molecule has 1 aromatic heterocycles. The predicted molar refractivity (Wildman–Crippen MR) is 116 cm³/mol. The van der Waals surface area contributed by atoms with Crippen molar-refractivity contribution in [3.8, 4) is 28.1 Å². The van der Waals surface area contributed by atoms with Crippen molar-refractivity contribution >= 4 is 5.82 Å². The van der Waals surface area contributed by atoms with Crippen molar-refractivity contribution in [3.05, 3.63) is 89.5 Å². The summed E-state index contributed by atoms with van der Waals surface area (Å²) in [7, 11) is 0. The lowest BCUT2D eigenvalue weighted by Crippen LogP contribution is -2.06. The van der Waals surface area contributed by atoms with E-state index in [2.05, 4.69) is 90.6 Å². The van der Waals surface area contributed by atoms with Crippen molar-refractivity contribution in [2.24, 2.45) is 0 Å². The molecule has 0 unspecified atom stereocenters. The zero-order valence-electron chi connectivity index (χ0n) is 16.2. The van der Waals surface area contributed by atoms with Crippen molar-refractivity contribution in [2.45, 2.75) is 20.3 Å². The monoisotopic (exact) mass is 365 g/mol. The molecule has 138 valence electrons. The summed E-state index contributed by atoms with van der Waals surface area (Å²) in [4.78, 5) is 0. The topological polar surface area (TPSA) is 29.9 Å². The summed E-state index contributed by atoms with van der Waals surface area (Å²) >= 11 is 0. The van der Waals surface area contributed by atoms with Gasteiger partial charge in [-0.25, -0.2) is 4.68 Å². The first-order valence-corrected chi connectivity index (χ1v) is 9.80. The minimum Gasteiger partial charge on any atom is -0.369 e. The Morgan fingerprint density at radius 3 is 2.32 bits per heavy atom. The Morgan fingerprint density at radius 1 is 0.821 bits per heavy atom. The zero-order valence-corrected chi connectivity index (χ0v) is 16.2. The van der Waals surface area contributed by atoms with Crippen molar-refractivity contribution in [3.63, 3.8) is 0 Å². The van der Waals surface area contributed by atoms with E-state index in [4.69, 9.17) is 5.10 Å². The summed E-state index contributed by atoms with van der Waals surface area (Å²) in [5.41, 5.74) is 9.66. The fourth-order valence-corrected chi connectivity index (χ4v) is 3.98. The molecule has 0 radical (unpaired) electrons. The van der Waals surface area contributed by atoms with Crippen molar-refractivity contribution in [1.29, 1.82) is 0 Å². The molecule has 5 rings (SSSR count). The van der Waals surface area contributed by atoms with E-state index in [1.807, 2.05) is 6.07 Å². The molecule has 1 N–H and O–H groups in total. The lowest BCUT2D eigenvalue weighted by Gasteiger charge is -2.10. The van der Waals surface area contributed by atoms with E-state index in [1.54, 1.807) is 0 Å². The maximum atomic E-state index is 5.03. The third-order valence-electron chi connectivity index (χ3n) is 5.51. The van der Waals surface area contributed by atoms with Gasteiger partial charge in [-0.1, -0.05) is 66.7 Å². The van der Waals surface area contributed by atoms with Crippen molar-refractivity contribution in [2.75, 3.05) is 11.9 Å². The van der Waals surface area contributed by atoms with E-state index >= 15 is 0 Å². The SMILES string of the molecule is Cc1ccc(C)c(-n2nc(-c3ccc(-c4ccccc4)cc3)c3c2NCC3)c1. The van der Waals surface area contributed by atoms with Gasteiger partial charge >= 0.3 is 0 Å². The fraction of sp³-hybridized carbons (Fsp3) is 0.160. The van der Waals surface area contributed by atoms with E-state index in [0.29, 0.717) is 0 Å². The molecule has 0 spiro atoms. The number of aryl methyl sites for hydroxylation is 2. The van der Waals surface area contributed by atoms with Gasteiger partial charge in [0, 0.05) is 17.7 Å². The number of aromatic nitrogens is 2. The smallest absolute Gasteiger partial charge is 0.133 e. The van der Waals surface area contributed by atoms with Crippen LogP contribution < -0.4 is 5.32 Å². The van der Waals surface area contributed by atoms with Gasteiger partial charge in [0.15, 0.2) is 0 Å². The average molecular weight is 365 g/mol. The van der Waals surface area contributed by atoms with Gasteiger partial charge in [-0.05, 0) is 48.6 Å². The number of hydrogen-bond donors (Lipinski definition) is 1. The van der Waals surface area contributed by atoms with Gasteiger partial charge < -0.3 is 5.32 Å². The zero-order chi connectivity index (χ0) is 19.1. The predicted octanol–water partition coefficient (Wildman–Crippen LogP) is 5.79. The summed E-state index contributed by atoms with van der Waals surface area (Å²) < 4.78 is 2.09. The molecule has 0 fully saturated rings. The second-order valence-corrected chi connectivity index (χ2v) is 7.50. The molecule has 2 heterocycles. The maximum Gasteiger partial charge on any atom is 0.133 e. The van der Waals surface area contributed by atoms with E-state index in [-0.39, 0.29) is 0 Å². The van der Waals surface area contributed by atoms with Crippen LogP contribution in [0.3, 0.4) is 0 Å². The highest BCUT2D eigenvalue weighted by molar-refractivity contribution is 5.75. The molecule has 28 heavy (non-hydrogen) atoms. The highest BCUT2D eigenvalue weighted by Crippen LogP contribution is 2.36. The van der Waals surface area contributed by atoms with Crippen LogP contribution in [0, 0.1) is 13.8 Å². The standard InChI is InChI=1S/C25H23N3/c1-17-8-9-18(2)23(16-17)28-25-22(14-15-26-25)24(27-28)21-12-10-20(11-13-21)19-6-4-3-5-7-19/h3-13,16,26H,14-15H2,1-2H3. The Hall–Kier alpha value is -3.33. The summed E-state index contributed by atoms with van der Waals surface area (Å²) in [5, 5.41) is 8.57. The van der Waals surface area contributed by atoms with Crippen LogP contribution >= 0.6 is 0 Å². The third-order valence-corrected chi connectivity index (χ3v) is 5.51. The summed E-state index contributed by atoms with van der Waals surface area (Å²) in [6.07, 6.45) is 1.01. The average Bonchev–Trinajstić information content (AvgIpc) is 3.34. The number of fused-ring (bicyclic) bond motifs is 1. The molecule has 3 nitrogen and oxygen atoms in total. The highest BCUT2D eigenvalue weighted by Gasteiger charge is 2.24. The number of nitrogens with zero attached hydrogens (tertiary/aromatic N) is 2. The normalized spacial score (nSPS) is 12.6. The molecule has 3 aromatic carbocycles. The molecular formula is C25H23N3. The highest BCUT2D eigenvalue weighted by atomic mass is 15.3. The minimum atomic E-state index is 0.965. The molecule has 4 aromatic rings. The van der Waals surface area contributed by atoms with Crippen LogP contribution in [-0.4, -0.2) is 16.3 Å². The lowest BCUT2D eigenvalue weighted by molar-refractivity contribution is 0.874. The maximum absolute atomic E-state index is 5.03. The second kappa shape index (κ2) is 6.68. The van der Waals surface area contributed by atoms with Crippen LogP contribution in [0.2, 0.25) is 0 Å². The van der Waals surface area contributed by atoms with Gasteiger partial charge in [0.25, 0.3) is 0 Å². The summed E-state index contributed by atoms with van der Waals surface area (Å²) in [6, 6.07) is 25.8. The lowest BCUT2D eigenvalue weighted by atomic mass is 10.0. The molecule has 0 bridgehead atoms. The molecule has 1 aliphatic rings. The largest absolute Gasteiger partial charge is 0.369 e. The van der Waals surface area contributed by atoms with E-state index in [0.717, 1.165) is 30.2 Å². The van der Waals surface area contributed by atoms with Crippen LogP contribution in [0.25, 0.3) is 28.1 Å². The Kier molecular flexibility index (Phi) is 4.01. The van der Waals surface area contributed by atoms with Crippen LogP contribution in [0.5, 0.6) is 0 Å². The Labute approximate surface area is 165 Å². The third kappa shape index (κ3) is 2.80. The van der Waals surface area contributed by atoms with Crippen LogP contribution in [0.1, 0.15) is 16.7 Å². The first-order valence-electron chi connectivity index (χ1n) is 9.80. The molecule has 0 saturated heterocycles. The molecule has 3 heteroatoms. The molecular weight excluding hydrogens is 342 g/mol. The number of benzene rings is 3. The molecule has 1 aliphatic heterocycles. The summed E-state index contributed by atoms with van der Waals surface area (Å²) in [5.74, 6) is 1.14. The molecule has 0 saturated carbocycles. The first kappa shape index (κ1) is 16.8. The van der Waals surface area contributed by atoms with E-state index in [9.17, 15) is 0 Å². The number of hydrogen-bond acceptors (Lipinski definition) is 2. The summed E-state index contributed by atoms with van der Waals surface area (Å²) in [6.45, 7) is 5.24. The van der Waals surface area contributed by atoms with Gasteiger partial charge in [0.05, 0.1) is 11.4 Å². The van der Waals surface area contributed by atoms with Crippen LogP contribution in [0.15, 0.2) is 72.8 Å². The number of rotatable bonds is 3. The number of anilines is 1. The van der Waals surface area contributed by atoms with Gasteiger partial charge in [-0.15, -0.1) is 0 Å². The van der Waals surface area contributed by atoms with Gasteiger partial charge in [0.1, 0.15) is 5.82 Å². The first-order chi connectivity index (χ1) is 13.7. The van der Waals surface area contributed by atoms with E-state index in [1.165, 1.54) is 33.4 Å². The second-order valence-electron chi connectivity index (χ2n) is 7.50. The Bertz CT molecular complexity index is 1140. The minimum absolute atomic E-state index is 0.965. The van der Waals surface area contributed by atoms with Crippen molar-refractivity contribution < 1.29 is 0 Å². The Balaban J connectivity index is 1.59. The van der Waals surface area contributed by atoms with Gasteiger partial charge in [-0.2, -0.15) is 5.10 Å². The van der Waals surface area contributed by atoms with Gasteiger partial charge in [0.2, 0.25) is 0 Å². The molecule has 0 amide bonds. The van der Waals surface area contributed by atoms with Crippen LogP contribution in [0.4, 0.5) is 5.82 Å². The number of nitrogens with one attached hydrogen (secondary N) is 1. The fourth-order valence-electron chi connectivity index (χ4n) is 3.98. The molecule has 0 aliphatic carbocycles. The van der Waals surface area contributed by atoms with Gasteiger partial charge in [-0.3, -0.25) is 0 Å². The molecule has 0 atom stereocenters. The van der Waals surface area contributed by atoms with E-state index < -0.39 is 0 Å².